The topological polar surface area (TPSA) is 75.9 Å². The Morgan fingerprint density at radius 2 is 1.90 bits per heavy atom. The van der Waals surface area contributed by atoms with E-state index in [-0.39, 0.29) is 17.2 Å². The summed E-state index contributed by atoms with van der Waals surface area (Å²) in [5.74, 6) is -0.409. The number of nitrogens with one attached hydrogen (secondary N) is 1. The van der Waals surface area contributed by atoms with E-state index in [1.807, 2.05) is 13.0 Å². The van der Waals surface area contributed by atoms with Crippen LogP contribution in [-0.4, -0.2) is 53.0 Å². The van der Waals surface area contributed by atoms with E-state index in [1.54, 1.807) is 12.3 Å². The van der Waals surface area contributed by atoms with Gasteiger partial charge in [0.2, 0.25) is 0 Å². The second-order valence-corrected chi connectivity index (χ2v) is 7.65. The number of rotatable bonds is 5. The van der Waals surface area contributed by atoms with Crippen LogP contribution in [0.3, 0.4) is 0 Å². The Kier molecular flexibility index (Phi) is 5.92. The highest BCUT2D eigenvalue weighted by molar-refractivity contribution is 5.93. The molecular formula is C23H26N4O3. The number of benzene rings is 1. The summed E-state index contributed by atoms with van der Waals surface area (Å²) in [6.45, 7) is 7.28. The summed E-state index contributed by atoms with van der Waals surface area (Å²) in [4.78, 5) is 32.3. The third-order valence-corrected chi connectivity index (χ3v) is 5.58. The maximum atomic E-state index is 12.9. The molecule has 30 heavy (non-hydrogen) atoms. The molecule has 1 atom stereocenters. The minimum Gasteiger partial charge on any atom is -0.379 e. The maximum Gasteiger partial charge on any atom is 0.270 e. The van der Waals surface area contributed by atoms with Crippen molar-refractivity contribution in [1.82, 2.24) is 19.6 Å². The molecule has 3 aromatic rings. The Bertz CT molecular complexity index is 1100. The zero-order valence-corrected chi connectivity index (χ0v) is 17.3. The van der Waals surface area contributed by atoms with E-state index in [0.717, 1.165) is 24.2 Å². The fourth-order valence-corrected chi connectivity index (χ4v) is 3.82. The van der Waals surface area contributed by atoms with Gasteiger partial charge in [0.1, 0.15) is 11.2 Å². The molecule has 0 radical (unpaired) electrons. The van der Waals surface area contributed by atoms with Crippen molar-refractivity contribution in [3.8, 4) is 0 Å². The highest BCUT2D eigenvalue weighted by Crippen LogP contribution is 2.22. The van der Waals surface area contributed by atoms with Crippen LogP contribution in [0, 0.1) is 13.8 Å². The second kappa shape index (κ2) is 8.77. The normalized spacial score (nSPS) is 15.8. The van der Waals surface area contributed by atoms with Gasteiger partial charge < -0.3 is 10.1 Å². The van der Waals surface area contributed by atoms with Crippen LogP contribution >= 0.6 is 0 Å². The average Bonchev–Trinajstić information content (AvgIpc) is 2.76. The first-order valence-corrected chi connectivity index (χ1v) is 10.2. The number of fused-ring (bicyclic) bond motifs is 1. The number of hydrogen-bond acceptors (Lipinski definition) is 5. The van der Waals surface area contributed by atoms with Crippen LogP contribution in [0.25, 0.3) is 5.65 Å². The molecule has 7 heteroatoms. The fraction of sp³-hybridized carbons (Fsp3) is 0.348. The van der Waals surface area contributed by atoms with E-state index in [1.165, 1.54) is 16.2 Å². The summed E-state index contributed by atoms with van der Waals surface area (Å²) < 4.78 is 6.90. The van der Waals surface area contributed by atoms with Gasteiger partial charge in [0.05, 0.1) is 19.3 Å². The molecule has 4 rings (SSSR count). The van der Waals surface area contributed by atoms with Gasteiger partial charge >= 0.3 is 0 Å². The number of morpholine rings is 1. The van der Waals surface area contributed by atoms with Gasteiger partial charge in [0.25, 0.3) is 11.5 Å². The van der Waals surface area contributed by atoms with Crippen LogP contribution in [0.5, 0.6) is 0 Å². The number of carbonyl (C=O) groups excluding carboxylic acids is 1. The van der Waals surface area contributed by atoms with Crippen molar-refractivity contribution in [2.45, 2.75) is 19.9 Å². The molecule has 1 N–H and O–H groups in total. The molecule has 1 aliphatic heterocycles. The van der Waals surface area contributed by atoms with Crippen LogP contribution in [0.4, 0.5) is 0 Å². The first-order valence-electron chi connectivity index (χ1n) is 10.2. The number of ether oxygens (including phenoxy) is 1. The van der Waals surface area contributed by atoms with Gasteiger partial charge in [0, 0.05) is 32.0 Å². The van der Waals surface area contributed by atoms with Crippen LogP contribution in [0.2, 0.25) is 0 Å². The first-order chi connectivity index (χ1) is 14.5. The first kappa shape index (κ1) is 20.3. The molecule has 1 unspecified atom stereocenters. The van der Waals surface area contributed by atoms with Gasteiger partial charge in [-0.15, -0.1) is 0 Å². The molecule has 0 spiro atoms. The van der Waals surface area contributed by atoms with Crippen molar-refractivity contribution >= 4 is 11.6 Å². The van der Waals surface area contributed by atoms with Gasteiger partial charge in [-0.1, -0.05) is 35.9 Å². The molecular weight excluding hydrogens is 380 g/mol. The number of aromatic nitrogens is 2. The SMILES string of the molecule is Cc1ccc(C(CNC(=O)c2cnc3c(C)cccn3c2=O)N2CCOCC2)cc1. The lowest BCUT2D eigenvalue weighted by Gasteiger charge is -2.35. The number of nitrogens with zero attached hydrogens (tertiary/aromatic N) is 3. The molecule has 1 fully saturated rings. The van der Waals surface area contributed by atoms with E-state index in [4.69, 9.17) is 4.74 Å². The molecule has 1 aliphatic rings. The quantitative estimate of drug-likeness (QED) is 0.702. The maximum absolute atomic E-state index is 12.9. The largest absolute Gasteiger partial charge is 0.379 e. The van der Waals surface area contributed by atoms with Crippen LogP contribution in [0.15, 0.2) is 53.6 Å². The predicted molar refractivity (Wildman–Crippen MR) is 115 cm³/mol. The van der Waals surface area contributed by atoms with Gasteiger partial charge in [-0.3, -0.25) is 18.9 Å². The lowest BCUT2D eigenvalue weighted by Crippen LogP contribution is -2.44. The van der Waals surface area contributed by atoms with Gasteiger partial charge in [0.15, 0.2) is 0 Å². The molecule has 1 amide bonds. The summed E-state index contributed by atoms with van der Waals surface area (Å²) in [5, 5.41) is 2.95. The van der Waals surface area contributed by atoms with Crippen molar-refractivity contribution in [3.05, 3.63) is 81.4 Å². The Hall–Kier alpha value is -3.03. The smallest absolute Gasteiger partial charge is 0.270 e. The van der Waals surface area contributed by atoms with Crippen molar-refractivity contribution in [2.24, 2.45) is 0 Å². The number of hydrogen-bond donors (Lipinski definition) is 1. The minimum absolute atomic E-state index is 0.0110. The van der Waals surface area contributed by atoms with Crippen molar-refractivity contribution in [1.29, 1.82) is 0 Å². The summed E-state index contributed by atoms with van der Waals surface area (Å²) >= 11 is 0. The number of aryl methyl sites for hydroxylation is 2. The Labute approximate surface area is 175 Å². The highest BCUT2D eigenvalue weighted by atomic mass is 16.5. The molecule has 7 nitrogen and oxygen atoms in total. The van der Waals surface area contributed by atoms with Crippen LogP contribution in [-0.2, 0) is 4.74 Å². The van der Waals surface area contributed by atoms with E-state index < -0.39 is 5.91 Å². The second-order valence-electron chi connectivity index (χ2n) is 7.65. The monoisotopic (exact) mass is 406 g/mol. The standard InChI is InChI=1S/C23H26N4O3/c1-16-5-7-18(8-6-16)20(26-10-12-30-13-11-26)15-25-22(28)19-14-24-21-17(2)4-3-9-27(21)23(19)29/h3-9,14,20H,10-13,15H2,1-2H3,(H,25,28). The molecule has 0 saturated carbocycles. The zero-order chi connectivity index (χ0) is 21.1. The number of carbonyl (C=O) groups is 1. The molecule has 2 aromatic heterocycles. The Morgan fingerprint density at radius 3 is 2.63 bits per heavy atom. The van der Waals surface area contributed by atoms with E-state index in [0.29, 0.717) is 25.4 Å². The predicted octanol–water partition coefficient (Wildman–Crippen LogP) is 2.11. The Morgan fingerprint density at radius 1 is 1.17 bits per heavy atom. The average molecular weight is 406 g/mol. The van der Waals surface area contributed by atoms with E-state index in [9.17, 15) is 9.59 Å². The van der Waals surface area contributed by atoms with E-state index in [2.05, 4.69) is 46.4 Å². The lowest BCUT2D eigenvalue weighted by molar-refractivity contribution is 0.0162. The summed E-state index contributed by atoms with van der Waals surface area (Å²) in [6.07, 6.45) is 3.01. The number of amides is 1. The van der Waals surface area contributed by atoms with E-state index >= 15 is 0 Å². The lowest BCUT2D eigenvalue weighted by atomic mass is 10.0. The van der Waals surface area contributed by atoms with Crippen molar-refractivity contribution < 1.29 is 9.53 Å². The highest BCUT2D eigenvalue weighted by Gasteiger charge is 2.24. The third kappa shape index (κ3) is 4.13. The number of pyridine rings is 1. The van der Waals surface area contributed by atoms with Crippen molar-refractivity contribution in [3.63, 3.8) is 0 Å². The summed E-state index contributed by atoms with van der Waals surface area (Å²) in [5.41, 5.74) is 3.45. The van der Waals surface area contributed by atoms with Gasteiger partial charge in [-0.2, -0.15) is 0 Å². The zero-order valence-electron chi connectivity index (χ0n) is 17.3. The fourth-order valence-electron chi connectivity index (χ4n) is 3.82. The van der Waals surface area contributed by atoms with Gasteiger partial charge in [-0.05, 0) is 31.0 Å². The molecule has 0 bridgehead atoms. The molecule has 3 heterocycles. The van der Waals surface area contributed by atoms with Crippen molar-refractivity contribution in [2.75, 3.05) is 32.8 Å². The third-order valence-electron chi connectivity index (χ3n) is 5.58. The molecule has 1 saturated heterocycles. The van der Waals surface area contributed by atoms with Crippen LogP contribution in [0.1, 0.15) is 33.1 Å². The summed E-state index contributed by atoms with van der Waals surface area (Å²) in [7, 11) is 0. The Balaban J connectivity index is 1.56. The summed E-state index contributed by atoms with van der Waals surface area (Å²) in [6, 6.07) is 12.0. The minimum atomic E-state index is -0.409. The van der Waals surface area contributed by atoms with Gasteiger partial charge in [-0.25, -0.2) is 4.98 Å². The van der Waals surface area contributed by atoms with Crippen LogP contribution < -0.4 is 10.9 Å². The molecule has 0 aliphatic carbocycles. The molecule has 1 aromatic carbocycles. The molecule has 156 valence electrons.